The van der Waals surface area contributed by atoms with E-state index in [1.165, 1.54) is 0 Å². The fourth-order valence-electron chi connectivity index (χ4n) is 2.20. The molecule has 0 fully saturated rings. The lowest BCUT2D eigenvalue weighted by Crippen LogP contribution is -2.42. The van der Waals surface area contributed by atoms with E-state index < -0.39 is 11.7 Å². The van der Waals surface area contributed by atoms with E-state index in [1.54, 1.807) is 7.05 Å². The lowest BCUT2D eigenvalue weighted by molar-refractivity contribution is -0.0149. The topological polar surface area (TPSA) is 84.0 Å². The number of hydrogen-bond acceptors (Lipinski definition) is 4. The third-order valence-electron chi connectivity index (χ3n) is 3.43. The minimum Gasteiger partial charge on any atom is -0.444 e. The molecule has 28 heavy (non-hydrogen) atoms. The lowest BCUT2D eigenvalue weighted by atomic mass is 10.1. The van der Waals surface area contributed by atoms with Gasteiger partial charge in [-0.2, -0.15) is 0 Å². The quantitative estimate of drug-likeness (QED) is 0.377. The van der Waals surface area contributed by atoms with Crippen LogP contribution in [0, 0.1) is 0 Å². The predicted molar refractivity (Wildman–Crippen MR) is 113 cm³/mol. The number of carbonyl (C=O) groups is 1. The highest BCUT2D eigenvalue weighted by atomic mass is 16.6. The SMILES string of the molecule is CN=C(NCCNC(=O)OC(C)(C)C)NCc1cccc(COC(C)(C)C)c1. The average Bonchev–Trinajstić information content (AvgIpc) is 2.57. The summed E-state index contributed by atoms with van der Waals surface area (Å²) in [7, 11) is 1.71. The summed E-state index contributed by atoms with van der Waals surface area (Å²) in [5, 5.41) is 9.13. The molecule has 0 radical (unpaired) electrons. The standard InChI is InChI=1S/C21H36N4O3/c1-20(2,3)27-15-17-10-8-9-16(13-17)14-25-18(22-7)23-11-12-24-19(26)28-21(4,5)6/h8-10,13H,11-12,14-15H2,1-7H3,(H,24,26)(H2,22,23,25). The van der Waals surface area contributed by atoms with Crippen LogP contribution in [0.15, 0.2) is 29.3 Å². The molecule has 0 aliphatic heterocycles. The number of carbonyl (C=O) groups excluding carboxylic acids is 1. The highest BCUT2D eigenvalue weighted by molar-refractivity contribution is 5.79. The van der Waals surface area contributed by atoms with E-state index in [-0.39, 0.29) is 5.60 Å². The van der Waals surface area contributed by atoms with Gasteiger partial charge in [-0.15, -0.1) is 0 Å². The molecule has 1 aromatic carbocycles. The van der Waals surface area contributed by atoms with E-state index in [9.17, 15) is 4.79 Å². The fourth-order valence-corrected chi connectivity index (χ4v) is 2.20. The van der Waals surface area contributed by atoms with Gasteiger partial charge in [-0.3, -0.25) is 4.99 Å². The molecule has 7 nitrogen and oxygen atoms in total. The molecule has 0 unspecified atom stereocenters. The van der Waals surface area contributed by atoms with Crippen molar-refractivity contribution in [3.8, 4) is 0 Å². The molecule has 1 amide bonds. The minimum absolute atomic E-state index is 0.159. The van der Waals surface area contributed by atoms with Gasteiger partial charge in [0.2, 0.25) is 0 Å². The molecule has 3 N–H and O–H groups in total. The minimum atomic E-state index is -0.498. The Hall–Kier alpha value is -2.28. The zero-order chi connectivity index (χ0) is 21.2. The van der Waals surface area contributed by atoms with Gasteiger partial charge in [0.25, 0.3) is 0 Å². The van der Waals surface area contributed by atoms with Crippen molar-refractivity contribution in [3.63, 3.8) is 0 Å². The molecule has 0 saturated carbocycles. The van der Waals surface area contributed by atoms with Crippen molar-refractivity contribution < 1.29 is 14.3 Å². The second-order valence-electron chi connectivity index (χ2n) is 8.50. The first kappa shape index (κ1) is 23.8. The van der Waals surface area contributed by atoms with Crippen molar-refractivity contribution in [3.05, 3.63) is 35.4 Å². The van der Waals surface area contributed by atoms with Crippen LogP contribution in [0.2, 0.25) is 0 Å². The molecule has 0 aliphatic rings. The summed E-state index contributed by atoms with van der Waals surface area (Å²) in [5.41, 5.74) is 1.62. The second kappa shape index (κ2) is 10.9. The van der Waals surface area contributed by atoms with Crippen LogP contribution in [-0.2, 0) is 22.6 Å². The number of aliphatic imine (C=N–C) groups is 1. The summed E-state index contributed by atoms with van der Waals surface area (Å²) < 4.78 is 11.0. The van der Waals surface area contributed by atoms with Crippen molar-refractivity contribution in [2.45, 2.75) is 65.9 Å². The summed E-state index contributed by atoms with van der Waals surface area (Å²) in [6.45, 7) is 13.8. The summed E-state index contributed by atoms with van der Waals surface area (Å²) in [5.74, 6) is 0.669. The molecule has 7 heteroatoms. The zero-order valence-corrected chi connectivity index (χ0v) is 18.3. The summed E-state index contributed by atoms with van der Waals surface area (Å²) in [6, 6.07) is 8.27. The van der Waals surface area contributed by atoms with Gasteiger partial charge in [0, 0.05) is 26.7 Å². The average molecular weight is 393 g/mol. The van der Waals surface area contributed by atoms with E-state index in [1.807, 2.05) is 47.6 Å². The van der Waals surface area contributed by atoms with E-state index in [2.05, 4.69) is 39.1 Å². The molecule has 0 atom stereocenters. The van der Waals surface area contributed by atoms with Crippen LogP contribution in [0.3, 0.4) is 0 Å². The van der Waals surface area contributed by atoms with Gasteiger partial charge < -0.3 is 25.4 Å². The van der Waals surface area contributed by atoms with Gasteiger partial charge in [0.1, 0.15) is 5.60 Å². The maximum atomic E-state index is 11.6. The first-order valence-electron chi connectivity index (χ1n) is 9.62. The number of guanidine groups is 1. The van der Waals surface area contributed by atoms with Crippen LogP contribution in [0.5, 0.6) is 0 Å². The van der Waals surface area contributed by atoms with Crippen LogP contribution in [0.4, 0.5) is 4.79 Å². The van der Waals surface area contributed by atoms with E-state index in [0.717, 1.165) is 11.1 Å². The maximum Gasteiger partial charge on any atom is 0.407 e. The molecule has 158 valence electrons. The first-order chi connectivity index (χ1) is 13.0. The van der Waals surface area contributed by atoms with Crippen LogP contribution in [0.25, 0.3) is 0 Å². The number of rotatable bonds is 7. The first-order valence-corrected chi connectivity index (χ1v) is 9.62. The number of nitrogens with zero attached hydrogens (tertiary/aromatic N) is 1. The van der Waals surface area contributed by atoms with Crippen molar-refractivity contribution in [1.82, 2.24) is 16.0 Å². The Bertz CT molecular complexity index is 646. The van der Waals surface area contributed by atoms with Gasteiger partial charge in [0.05, 0.1) is 12.2 Å². The van der Waals surface area contributed by atoms with Gasteiger partial charge >= 0.3 is 6.09 Å². The molecule has 0 saturated heterocycles. The highest BCUT2D eigenvalue weighted by Gasteiger charge is 2.15. The normalized spacial score (nSPS) is 12.5. The third kappa shape index (κ3) is 11.4. The number of alkyl carbamates (subject to hydrolysis) is 1. The number of benzene rings is 1. The van der Waals surface area contributed by atoms with Crippen LogP contribution >= 0.6 is 0 Å². The van der Waals surface area contributed by atoms with Crippen molar-refractivity contribution in [2.24, 2.45) is 4.99 Å². The largest absolute Gasteiger partial charge is 0.444 e. The maximum absolute atomic E-state index is 11.6. The highest BCUT2D eigenvalue weighted by Crippen LogP contribution is 2.13. The third-order valence-corrected chi connectivity index (χ3v) is 3.43. The van der Waals surface area contributed by atoms with Gasteiger partial charge in [-0.1, -0.05) is 24.3 Å². The molecule has 0 heterocycles. The molecule has 1 aromatic rings. The van der Waals surface area contributed by atoms with Crippen LogP contribution in [-0.4, -0.2) is 43.4 Å². The smallest absolute Gasteiger partial charge is 0.407 e. The van der Waals surface area contributed by atoms with Crippen LogP contribution in [0.1, 0.15) is 52.7 Å². The number of hydrogen-bond donors (Lipinski definition) is 3. The second-order valence-corrected chi connectivity index (χ2v) is 8.50. The monoisotopic (exact) mass is 392 g/mol. The Morgan fingerprint density at radius 2 is 1.61 bits per heavy atom. The van der Waals surface area contributed by atoms with Crippen molar-refractivity contribution in [1.29, 1.82) is 0 Å². The Morgan fingerprint density at radius 1 is 0.964 bits per heavy atom. The molecular formula is C21H36N4O3. The molecule has 0 aromatic heterocycles. The Labute approximate surface area is 169 Å². The lowest BCUT2D eigenvalue weighted by Gasteiger charge is -2.20. The molecule has 1 rings (SSSR count). The summed E-state index contributed by atoms with van der Waals surface area (Å²) >= 11 is 0. The van der Waals surface area contributed by atoms with E-state index in [4.69, 9.17) is 9.47 Å². The Balaban J connectivity index is 2.37. The predicted octanol–water partition coefficient (Wildman–Crippen LogP) is 3.19. The molecule has 0 spiro atoms. The van der Waals surface area contributed by atoms with Gasteiger partial charge in [0.15, 0.2) is 5.96 Å². The fraction of sp³-hybridized carbons (Fsp3) is 0.619. The van der Waals surface area contributed by atoms with Crippen LogP contribution < -0.4 is 16.0 Å². The number of nitrogens with one attached hydrogen (secondary N) is 3. The summed E-state index contributed by atoms with van der Waals surface area (Å²) in [6.07, 6.45) is -0.425. The zero-order valence-electron chi connectivity index (χ0n) is 18.3. The van der Waals surface area contributed by atoms with E-state index >= 15 is 0 Å². The van der Waals surface area contributed by atoms with Gasteiger partial charge in [-0.25, -0.2) is 4.79 Å². The molecule has 0 aliphatic carbocycles. The number of ether oxygens (including phenoxy) is 2. The molecular weight excluding hydrogens is 356 g/mol. The van der Waals surface area contributed by atoms with Crippen molar-refractivity contribution in [2.75, 3.05) is 20.1 Å². The number of amides is 1. The Morgan fingerprint density at radius 3 is 2.21 bits per heavy atom. The summed E-state index contributed by atoms with van der Waals surface area (Å²) in [4.78, 5) is 15.8. The van der Waals surface area contributed by atoms with E-state index in [0.29, 0.717) is 32.2 Å². The Kier molecular flexibility index (Phi) is 9.25. The molecule has 0 bridgehead atoms. The van der Waals surface area contributed by atoms with Crippen molar-refractivity contribution >= 4 is 12.1 Å². The van der Waals surface area contributed by atoms with Gasteiger partial charge in [-0.05, 0) is 52.7 Å².